The first-order valence-electron chi connectivity index (χ1n) is 7.33. The van der Waals surface area contributed by atoms with Crippen LogP contribution in [0.2, 0.25) is 0 Å². The highest BCUT2D eigenvalue weighted by atomic mass is 16.2. The van der Waals surface area contributed by atoms with Crippen molar-refractivity contribution in [2.45, 2.75) is 46.5 Å². The van der Waals surface area contributed by atoms with Gasteiger partial charge < -0.3 is 5.32 Å². The quantitative estimate of drug-likeness (QED) is 0.867. The zero-order valence-electron chi connectivity index (χ0n) is 12.5. The number of hydrogen-bond donors (Lipinski definition) is 2. The molecule has 1 unspecified atom stereocenters. The zero-order chi connectivity index (χ0) is 14.6. The van der Waals surface area contributed by atoms with Gasteiger partial charge in [0.2, 0.25) is 11.9 Å². The van der Waals surface area contributed by atoms with E-state index in [-0.39, 0.29) is 5.91 Å². The number of carbonyl (C=O) groups excluding carboxylic acids is 1. The molecule has 1 saturated heterocycles. The van der Waals surface area contributed by atoms with Crippen LogP contribution in [0, 0.1) is 5.41 Å². The van der Waals surface area contributed by atoms with E-state index in [9.17, 15) is 4.79 Å². The third kappa shape index (κ3) is 3.12. The summed E-state index contributed by atoms with van der Waals surface area (Å²) in [6.07, 6.45) is 3.49. The second-order valence-corrected chi connectivity index (χ2v) is 5.53. The Kier molecular flexibility index (Phi) is 4.65. The zero-order valence-corrected chi connectivity index (χ0v) is 12.5. The molecular weight excluding hydrogens is 254 g/mol. The molecule has 1 aliphatic rings. The number of hydrogen-bond acceptors (Lipinski definition) is 5. The second-order valence-electron chi connectivity index (χ2n) is 5.53. The maximum atomic E-state index is 12.4. The lowest BCUT2D eigenvalue weighted by Crippen LogP contribution is -2.46. The minimum atomic E-state index is -0.391. The Morgan fingerprint density at radius 1 is 1.30 bits per heavy atom. The number of aryl methyl sites for hydroxylation is 2. The van der Waals surface area contributed by atoms with Crippen LogP contribution >= 0.6 is 0 Å². The molecule has 0 aliphatic carbocycles. The fourth-order valence-electron chi connectivity index (χ4n) is 2.49. The maximum Gasteiger partial charge on any atom is 0.249 e. The number of nitrogens with zero attached hydrogens (tertiary/aromatic N) is 3. The van der Waals surface area contributed by atoms with E-state index in [1.54, 1.807) is 0 Å². The van der Waals surface area contributed by atoms with Crippen molar-refractivity contribution >= 4 is 11.9 Å². The van der Waals surface area contributed by atoms with Gasteiger partial charge in [0.25, 0.3) is 0 Å². The molecule has 2 N–H and O–H groups in total. The molecule has 110 valence electrons. The van der Waals surface area contributed by atoms with Crippen LogP contribution in [0.5, 0.6) is 0 Å². The first-order valence-corrected chi connectivity index (χ1v) is 7.33. The molecule has 1 fully saturated rings. The molecule has 1 aliphatic heterocycles. The van der Waals surface area contributed by atoms with Gasteiger partial charge in [-0.1, -0.05) is 13.8 Å². The third-order valence-corrected chi connectivity index (χ3v) is 3.88. The van der Waals surface area contributed by atoms with E-state index < -0.39 is 5.41 Å². The molecule has 6 heteroatoms. The topological polar surface area (TPSA) is 79.8 Å². The molecule has 0 spiro atoms. The van der Waals surface area contributed by atoms with Crippen LogP contribution in [-0.2, 0) is 17.6 Å². The predicted octanol–water partition coefficient (Wildman–Crippen LogP) is 1.32. The van der Waals surface area contributed by atoms with Crippen LogP contribution in [0.25, 0.3) is 0 Å². The van der Waals surface area contributed by atoms with E-state index in [1.165, 1.54) is 0 Å². The van der Waals surface area contributed by atoms with E-state index >= 15 is 0 Å². The standard InChI is InChI=1S/C14H23N5O/c1-4-10-11(5-2)18-19-13(16-10)17-12(20)14(3)7-6-8-15-9-14/h15H,4-9H2,1-3H3,(H,16,17,19,20). The normalized spacial score (nSPS) is 22.6. The van der Waals surface area contributed by atoms with Gasteiger partial charge >= 0.3 is 0 Å². The molecule has 1 amide bonds. The van der Waals surface area contributed by atoms with Crippen molar-refractivity contribution in [2.24, 2.45) is 5.41 Å². The number of anilines is 1. The number of rotatable bonds is 4. The van der Waals surface area contributed by atoms with Crippen molar-refractivity contribution in [3.8, 4) is 0 Å². The highest BCUT2D eigenvalue weighted by Gasteiger charge is 2.35. The highest BCUT2D eigenvalue weighted by Crippen LogP contribution is 2.26. The van der Waals surface area contributed by atoms with E-state index in [0.717, 1.165) is 43.6 Å². The Morgan fingerprint density at radius 2 is 2.05 bits per heavy atom. The summed E-state index contributed by atoms with van der Waals surface area (Å²) < 4.78 is 0. The summed E-state index contributed by atoms with van der Waals surface area (Å²) in [6.45, 7) is 7.70. The van der Waals surface area contributed by atoms with Crippen LogP contribution in [0.15, 0.2) is 0 Å². The largest absolute Gasteiger partial charge is 0.316 e. The molecule has 1 atom stereocenters. The summed E-state index contributed by atoms with van der Waals surface area (Å²) in [7, 11) is 0. The number of piperidine rings is 1. The Morgan fingerprint density at radius 3 is 2.65 bits per heavy atom. The van der Waals surface area contributed by atoms with Crippen LogP contribution in [-0.4, -0.2) is 34.2 Å². The summed E-state index contributed by atoms with van der Waals surface area (Å²) in [5, 5.41) is 14.2. The monoisotopic (exact) mass is 277 g/mol. The van der Waals surface area contributed by atoms with Gasteiger partial charge in [0.15, 0.2) is 0 Å². The van der Waals surface area contributed by atoms with Crippen molar-refractivity contribution in [3.05, 3.63) is 11.4 Å². The van der Waals surface area contributed by atoms with E-state index in [2.05, 4.69) is 25.8 Å². The van der Waals surface area contributed by atoms with Crippen molar-refractivity contribution < 1.29 is 4.79 Å². The lowest BCUT2D eigenvalue weighted by molar-refractivity contribution is -0.125. The van der Waals surface area contributed by atoms with E-state index in [1.807, 2.05) is 20.8 Å². The molecular formula is C14H23N5O. The first-order chi connectivity index (χ1) is 9.59. The fourth-order valence-corrected chi connectivity index (χ4v) is 2.49. The van der Waals surface area contributed by atoms with Crippen LogP contribution in [0.4, 0.5) is 5.95 Å². The first kappa shape index (κ1) is 14.8. The van der Waals surface area contributed by atoms with Gasteiger partial charge in [-0.05, 0) is 39.2 Å². The molecule has 0 bridgehead atoms. The summed E-state index contributed by atoms with van der Waals surface area (Å²) >= 11 is 0. The molecule has 20 heavy (non-hydrogen) atoms. The molecule has 1 aromatic heterocycles. The molecule has 1 aromatic rings. The van der Waals surface area contributed by atoms with Crippen LogP contribution < -0.4 is 10.6 Å². The van der Waals surface area contributed by atoms with Gasteiger partial charge in [-0.3, -0.25) is 10.1 Å². The summed E-state index contributed by atoms with van der Waals surface area (Å²) in [5.74, 6) is 0.286. The lowest BCUT2D eigenvalue weighted by atomic mass is 9.82. The molecule has 0 saturated carbocycles. The molecule has 6 nitrogen and oxygen atoms in total. The minimum Gasteiger partial charge on any atom is -0.316 e. The highest BCUT2D eigenvalue weighted by molar-refractivity contribution is 5.93. The van der Waals surface area contributed by atoms with Gasteiger partial charge in [0, 0.05) is 6.54 Å². The van der Waals surface area contributed by atoms with Crippen molar-refractivity contribution in [1.29, 1.82) is 0 Å². The van der Waals surface area contributed by atoms with Crippen molar-refractivity contribution in [3.63, 3.8) is 0 Å². The Hall–Kier alpha value is -1.56. The summed E-state index contributed by atoms with van der Waals surface area (Å²) in [5.41, 5.74) is 1.41. The smallest absolute Gasteiger partial charge is 0.249 e. The van der Waals surface area contributed by atoms with Gasteiger partial charge in [-0.25, -0.2) is 4.98 Å². The van der Waals surface area contributed by atoms with Crippen molar-refractivity contribution in [1.82, 2.24) is 20.5 Å². The average Bonchev–Trinajstić information content (AvgIpc) is 2.47. The Balaban J connectivity index is 2.11. The van der Waals surface area contributed by atoms with Crippen molar-refractivity contribution in [2.75, 3.05) is 18.4 Å². The molecule has 2 rings (SSSR count). The van der Waals surface area contributed by atoms with Crippen LogP contribution in [0.1, 0.15) is 45.0 Å². The summed E-state index contributed by atoms with van der Waals surface area (Å²) in [4.78, 5) is 16.8. The van der Waals surface area contributed by atoms with Gasteiger partial charge in [-0.15, -0.1) is 10.2 Å². The minimum absolute atomic E-state index is 0.0298. The number of amides is 1. The Bertz CT molecular complexity index is 482. The molecule has 0 radical (unpaired) electrons. The number of nitrogens with one attached hydrogen (secondary N) is 2. The van der Waals surface area contributed by atoms with E-state index in [4.69, 9.17) is 0 Å². The molecule has 0 aromatic carbocycles. The molecule has 2 heterocycles. The lowest BCUT2D eigenvalue weighted by Gasteiger charge is -2.32. The third-order valence-electron chi connectivity index (χ3n) is 3.88. The fraction of sp³-hybridized carbons (Fsp3) is 0.714. The maximum absolute atomic E-state index is 12.4. The Labute approximate surface area is 119 Å². The summed E-state index contributed by atoms with van der Waals surface area (Å²) in [6, 6.07) is 0. The second kappa shape index (κ2) is 6.26. The van der Waals surface area contributed by atoms with Crippen LogP contribution in [0.3, 0.4) is 0 Å². The van der Waals surface area contributed by atoms with Gasteiger partial charge in [0.1, 0.15) is 0 Å². The predicted molar refractivity (Wildman–Crippen MR) is 77.4 cm³/mol. The number of carbonyl (C=O) groups is 1. The van der Waals surface area contributed by atoms with Gasteiger partial charge in [0.05, 0.1) is 16.8 Å². The number of aromatic nitrogens is 3. The average molecular weight is 277 g/mol. The van der Waals surface area contributed by atoms with E-state index in [0.29, 0.717) is 12.5 Å². The SMILES string of the molecule is CCc1nnc(NC(=O)C2(C)CCCNC2)nc1CC. The van der Waals surface area contributed by atoms with Gasteiger partial charge in [-0.2, -0.15) is 0 Å².